The van der Waals surface area contributed by atoms with Gasteiger partial charge in [0.05, 0.1) is 6.16 Å². The van der Waals surface area contributed by atoms with Gasteiger partial charge in [0.1, 0.15) is 17.9 Å². The molecule has 0 saturated carbocycles. The Hall–Kier alpha value is -1.62. The van der Waals surface area contributed by atoms with Crippen molar-refractivity contribution in [2.45, 2.75) is 33.3 Å². The van der Waals surface area contributed by atoms with E-state index in [1.54, 1.807) is 6.08 Å². The molecule has 3 N–H and O–H groups in total. The summed E-state index contributed by atoms with van der Waals surface area (Å²) in [7, 11) is -4.07. The number of hydrogen-bond acceptors (Lipinski definition) is 4. The second kappa shape index (κ2) is 6.24. The molecule has 0 spiro atoms. The maximum absolute atomic E-state index is 11.7. The Labute approximate surface area is 128 Å². The third kappa shape index (κ3) is 3.24. The summed E-state index contributed by atoms with van der Waals surface area (Å²) in [5.41, 5.74) is 3.42. The topological polar surface area (TPSA) is 104 Å². The molecule has 0 aliphatic carbocycles. The number of hydrogen-bond donors (Lipinski definition) is 3. The number of carbonyl (C=O) groups is 1. The largest absolute Gasteiger partial charge is 0.507 e. The van der Waals surface area contributed by atoms with Crippen molar-refractivity contribution in [1.82, 2.24) is 0 Å². The molecule has 6 nitrogen and oxygen atoms in total. The molecule has 1 heterocycles. The second-order valence-electron chi connectivity index (χ2n) is 5.24. The predicted molar refractivity (Wildman–Crippen MR) is 81.1 cm³/mol. The molecule has 22 heavy (non-hydrogen) atoms. The minimum atomic E-state index is -4.07. The molecule has 0 fully saturated rings. The van der Waals surface area contributed by atoms with Gasteiger partial charge in [-0.1, -0.05) is 19.1 Å². The van der Waals surface area contributed by atoms with Gasteiger partial charge in [-0.3, -0.25) is 4.57 Å². The Balaban J connectivity index is 2.39. The Kier molecular flexibility index (Phi) is 4.75. The molecule has 0 amide bonds. The van der Waals surface area contributed by atoms with Crippen LogP contribution in [0.2, 0.25) is 0 Å². The van der Waals surface area contributed by atoms with Crippen molar-refractivity contribution in [3.63, 3.8) is 0 Å². The van der Waals surface area contributed by atoms with Crippen molar-refractivity contribution in [2.24, 2.45) is 0 Å². The first-order valence-corrected chi connectivity index (χ1v) is 8.78. The predicted octanol–water partition coefficient (Wildman–Crippen LogP) is 2.21. The maximum Gasteiger partial charge on any atom is 0.342 e. The number of cyclic esters (lactones) is 1. The maximum atomic E-state index is 11.7. The lowest BCUT2D eigenvalue weighted by Crippen LogP contribution is -2.04. The SMILES string of the molecule is CCc1c(C)c2c(c(O)c1CC=CCP(=O)(O)O)C(=O)OC2. The molecule has 0 radical (unpaired) electrons. The molecular formula is C15H19O6P. The number of phenols is 1. The number of rotatable bonds is 5. The average Bonchev–Trinajstić information content (AvgIpc) is 2.81. The standard InChI is InChI=1S/C15H19O6P/c1-3-10-9(2)12-8-21-15(17)13(12)14(16)11(10)6-4-5-7-22(18,19)20/h4-5,16H,3,6-8H2,1-2H3,(H2,18,19,20). The minimum absolute atomic E-state index is 0.0826. The number of aromatic hydroxyl groups is 1. The van der Waals surface area contributed by atoms with Gasteiger partial charge in [-0.25, -0.2) is 4.79 Å². The van der Waals surface area contributed by atoms with Crippen molar-refractivity contribution in [2.75, 3.05) is 6.16 Å². The Morgan fingerprint density at radius 2 is 1.95 bits per heavy atom. The summed E-state index contributed by atoms with van der Waals surface area (Å²) in [5, 5.41) is 10.4. The van der Waals surface area contributed by atoms with Crippen molar-refractivity contribution >= 4 is 13.6 Å². The van der Waals surface area contributed by atoms with E-state index in [0.717, 1.165) is 16.7 Å². The second-order valence-corrected chi connectivity index (χ2v) is 6.93. The van der Waals surface area contributed by atoms with Crippen LogP contribution in [0.1, 0.15) is 39.5 Å². The highest BCUT2D eigenvalue weighted by Crippen LogP contribution is 2.38. The van der Waals surface area contributed by atoms with Crippen LogP contribution < -0.4 is 0 Å². The fraction of sp³-hybridized carbons (Fsp3) is 0.400. The molecule has 0 unspecified atom stereocenters. The van der Waals surface area contributed by atoms with E-state index < -0.39 is 13.6 Å². The Morgan fingerprint density at radius 1 is 1.27 bits per heavy atom. The van der Waals surface area contributed by atoms with E-state index in [-0.39, 0.29) is 24.1 Å². The molecular weight excluding hydrogens is 307 g/mol. The lowest BCUT2D eigenvalue weighted by molar-refractivity contribution is 0.0533. The zero-order valence-corrected chi connectivity index (χ0v) is 13.4. The summed E-state index contributed by atoms with van der Waals surface area (Å²) < 4.78 is 15.8. The number of esters is 1. The molecule has 1 aromatic rings. The molecule has 120 valence electrons. The van der Waals surface area contributed by atoms with E-state index in [9.17, 15) is 14.5 Å². The quantitative estimate of drug-likeness (QED) is 0.435. The summed E-state index contributed by atoms with van der Waals surface area (Å²) >= 11 is 0. The van der Waals surface area contributed by atoms with Gasteiger partial charge in [-0.2, -0.15) is 0 Å². The fourth-order valence-electron chi connectivity index (χ4n) is 2.75. The van der Waals surface area contributed by atoms with Crippen LogP contribution in [0.5, 0.6) is 5.75 Å². The fourth-order valence-corrected chi connectivity index (χ4v) is 3.18. The van der Waals surface area contributed by atoms with Crippen molar-refractivity contribution in [3.8, 4) is 5.75 Å². The number of benzene rings is 1. The van der Waals surface area contributed by atoms with Gasteiger partial charge in [0.15, 0.2) is 0 Å². The van der Waals surface area contributed by atoms with E-state index in [2.05, 4.69) is 0 Å². The van der Waals surface area contributed by atoms with Crippen LogP contribution in [0.15, 0.2) is 12.2 Å². The van der Waals surface area contributed by atoms with E-state index in [4.69, 9.17) is 14.5 Å². The van der Waals surface area contributed by atoms with E-state index in [1.165, 1.54) is 6.08 Å². The molecule has 0 saturated heterocycles. The van der Waals surface area contributed by atoms with Crippen LogP contribution in [0.4, 0.5) is 0 Å². The van der Waals surface area contributed by atoms with Crippen LogP contribution >= 0.6 is 7.60 Å². The van der Waals surface area contributed by atoms with Crippen LogP contribution in [-0.2, 0) is 28.8 Å². The molecule has 7 heteroatoms. The van der Waals surface area contributed by atoms with Gasteiger partial charge < -0.3 is 19.6 Å². The Bertz CT molecular complexity index is 686. The molecule has 1 aliphatic heterocycles. The molecule has 1 aromatic carbocycles. The number of phenolic OH excluding ortho intramolecular Hbond substituents is 1. The molecule has 1 aliphatic rings. The first-order chi connectivity index (χ1) is 10.3. The first kappa shape index (κ1) is 16.7. The molecule has 0 bridgehead atoms. The monoisotopic (exact) mass is 326 g/mol. The highest BCUT2D eigenvalue weighted by Gasteiger charge is 2.30. The van der Waals surface area contributed by atoms with Crippen LogP contribution in [0, 0.1) is 6.92 Å². The molecule has 0 aromatic heterocycles. The Morgan fingerprint density at radius 3 is 2.55 bits per heavy atom. The lowest BCUT2D eigenvalue weighted by Gasteiger charge is -2.15. The van der Waals surface area contributed by atoms with E-state index >= 15 is 0 Å². The van der Waals surface area contributed by atoms with Gasteiger partial charge >= 0.3 is 13.6 Å². The van der Waals surface area contributed by atoms with Gasteiger partial charge in [-0.15, -0.1) is 0 Å². The van der Waals surface area contributed by atoms with Crippen LogP contribution in [0.3, 0.4) is 0 Å². The lowest BCUT2D eigenvalue weighted by atomic mass is 9.89. The smallest absolute Gasteiger partial charge is 0.342 e. The number of carbonyl (C=O) groups excluding carboxylic acids is 1. The highest BCUT2D eigenvalue weighted by molar-refractivity contribution is 7.51. The third-order valence-corrected chi connectivity index (χ3v) is 4.52. The van der Waals surface area contributed by atoms with Crippen molar-refractivity contribution in [1.29, 1.82) is 0 Å². The molecule has 2 rings (SSSR count). The van der Waals surface area contributed by atoms with Gasteiger partial charge in [-0.05, 0) is 30.9 Å². The zero-order valence-electron chi connectivity index (χ0n) is 12.5. The summed E-state index contributed by atoms with van der Waals surface area (Å²) in [6, 6.07) is 0. The summed E-state index contributed by atoms with van der Waals surface area (Å²) in [6.07, 6.45) is 3.63. The number of ether oxygens (including phenoxy) is 1. The minimum Gasteiger partial charge on any atom is -0.507 e. The number of fused-ring (bicyclic) bond motifs is 1. The van der Waals surface area contributed by atoms with Gasteiger partial charge in [0.2, 0.25) is 0 Å². The highest BCUT2D eigenvalue weighted by atomic mass is 31.2. The summed E-state index contributed by atoms with van der Waals surface area (Å²) in [6.45, 7) is 4.02. The average molecular weight is 326 g/mol. The number of allylic oxidation sites excluding steroid dienone is 2. The first-order valence-electron chi connectivity index (χ1n) is 6.99. The summed E-state index contributed by atoms with van der Waals surface area (Å²) in [5.74, 6) is -0.612. The van der Waals surface area contributed by atoms with Crippen molar-refractivity contribution in [3.05, 3.63) is 40.0 Å². The van der Waals surface area contributed by atoms with Gasteiger partial charge in [0, 0.05) is 11.1 Å². The van der Waals surface area contributed by atoms with Crippen molar-refractivity contribution < 1.29 is 29.0 Å². The van der Waals surface area contributed by atoms with E-state index in [1.807, 2.05) is 13.8 Å². The zero-order chi connectivity index (χ0) is 16.5. The van der Waals surface area contributed by atoms with E-state index in [0.29, 0.717) is 18.4 Å². The van der Waals surface area contributed by atoms with Gasteiger partial charge in [0.25, 0.3) is 0 Å². The third-order valence-electron chi connectivity index (χ3n) is 3.83. The molecule has 0 atom stereocenters. The van der Waals surface area contributed by atoms with Crippen LogP contribution in [0.25, 0.3) is 0 Å². The van der Waals surface area contributed by atoms with Crippen LogP contribution in [-0.4, -0.2) is 27.0 Å². The normalized spacial score (nSPS) is 14.5. The summed E-state index contributed by atoms with van der Waals surface area (Å²) in [4.78, 5) is 29.4.